The summed E-state index contributed by atoms with van der Waals surface area (Å²) in [6, 6.07) is 11.5. The van der Waals surface area contributed by atoms with Crippen LogP contribution in [-0.2, 0) is 13.0 Å². The molecule has 0 radical (unpaired) electrons. The van der Waals surface area contributed by atoms with Gasteiger partial charge < -0.3 is 5.11 Å². The summed E-state index contributed by atoms with van der Waals surface area (Å²) < 4.78 is 3.13. The third kappa shape index (κ3) is 2.28. The molecule has 0 unspecified atom stereocenters. The van der Waals surface area contributed by atoms with Crippen LogP contribution >= 0.6 is 0 Å². The molecule has 0 atom stereocenters. The maximum atomic E-state index is 12.4. The summed E-state index contributed by atoms with van der Waals surface area (Å²) in [7, 11) is 0. The maximum Gasteiger partial charge on any atom is 0.343 e. The molecule has 2 aromatic heterocycles. The number of aromatic carboxylic acids is 1. The molecule has 6 heteroatoms. The van der Waals surface area contributed by atoms with Gasteiger partial charge in [0, 0.05) is 18.0 Å². The zero-order valence-corrected chi connectivity index (χ0v) is 12.1. The molecule has 0 aliphatic heterocycles. The van der Waals surface area contributed by atoms with Gasteiger partial charge in [-0.3, -0.25) is 9.48 Å². The number of aryl methyl sites for hydroxylation is 1. The van der Waals surface area contributed by atoms with Crippen molar-refractivity contribution in [1.82, 2.24) is 14.2 Å². The average molecular weight is 297 g/mol. The van der Waals surface area contributed by atoms with Gasteiger partial charge in [0.2, 0.25) is 0 Å². The summed E-state index contributed by atoms with van der Waals surface area (Å²) >= 11 is 0. The first-order chi connectivity index (χ1) is 10.6. The number of fused-ring (bicyclic) bond motifs is 1. The molecule has 0 aliphatic rings. The highest BCUT2D eigenvalue weighted by Crippen LogP contribution is 2.11. The molecular weight excluding hydrogens is 282 g/mol. The first-order valence-electron chi connectivity index (χ1n) is 6.99. The number of benzene rings is 1. The van der Waals surface area contributed by atoms with Gasteiger partial charge in [-0.05, 0) is 12.0 Å². The number of rotatable bonds is 4. The van der Waals surface area contributed by atoms with Gasteiger partial charge in [0.05, 0.1) is 6.54 Å². The Labute approximate surface area is 126 Å². The van der Waals surface area contributed by atoms with E-state index in [1.807, 2.05) is 43.3 Å². The lowest BCUT2D eigenvalue weighted by molar-refractivity contribution is 0.0694. The van der Waals surface area contributed by atoms with Crippen molar-refractivity contribution in [3.8, 4) is 0 Å². The van der Waals surface area contributed by atoms with Crippen LogP contribution in [0.15, 0.2) is 47.4 Å². The van der Waals surface area contributed by atoms with E-state index < -0.39 is 11.5 Å². The second kappa shape index (κ2) is 5.48. The molecule has 3 aromatic rings. The van der Waals surface area contributed by atoms with Gasteiger partial charge in [0.1, 0.15) is 5.56 Å². The minimum absolute atomic E-state index is 0.326. The Kier molecular flexibility index (Phi) is 3.50. The highest BCUT2D eigenvalue weighted by molar-refractivity contribution is 5.86. The van der Waals surface area contributed by atoms with E-state index in [1.54, 1.807) is 4.68 Å². The van der Waals surface area contributed by atoms with Crippen molar-refractivity contribution in [2.24, 2.45) is 0 Å². The van der Waals surface area contributed by atoms with Gasteiger partial charge >= 0.3 is 5.97 Å². The van der Waals surface area contributed by atoms with Crippen LogP contribution in [0.5, 0.6) is 0 Å². The zero-order chi connectivity index (χ0) is 15.7. The Bertz CT molecular complexity index is 894. The van der Waals surface area contributed by atoms with Gasteiger partial charge in [0.15, 0.2) is 5.65 Å². The summed E-state index contributed by atoms with van der Waals surface area (Å²) in [6.45, 7) is 2.47. The van der Waals surface area contributed by atoms with E-state index in [4.69, 9.17) is 5.11 Å². The van der Waals surface area contributed by atoms with Gasteiger partial charge in [-0.2, -0.15) is 4.52 Å². The Hall–Kier alpha value is -2.89. The zero-order valence-electron chi connectivity index (χ0n) is 12.1. The third-order valence-electron chi connectivity index (χ3n) is 3.60. The summed E-state index contributed by atoms with van der Waals surface area (Å²) in [4.78, 5) is 27.7. The lowest BCUT2D eigenvalue weighted by Gasteiger charge is -2.10. The summed E-state index contributed by atoms with van der Waals surface area (Å²) in [5.74, 6) is -1.27. The molecule has 0 fully saturated rings. The number of nitrogens with zero attached hydrogens (tertiary/aromatic N) is 3. The molecule has 0 aliphatic carbocycles. The first-order valence-corrected chi connectivity index (χ1v) is 6.99. The molecule has 0 amide bonds. The van der Waals surface area contributed by atoms with Crippen LogP contribution in [0.25, 0.3) is 5.65 Å². The van der Waals surface area contributed by atoms with E-state index in [0.29, 0.717) is 12.2 Å². The minimum Gasteiger partial charge on any atom is -0.477 e. The van der Waals surface area contributed by atoms with E-state index in [0.717, 1.165) is 23.9 Å². The van der Waals surface area contributed by atoms with Crippen molar-refractivity contribution in [3.63, 3.8) is 0 Å². The lowest BCUT2D eigenvalue weighted by Crippen LogP contribution is -2.27. The number of carbonyl (C=O) groups is 1. The fourth-order valence-corrected chi connectivity index (χ4v) is 2.50. The van der Waals surface area contributed by atoms with Gasteiger partial charge in [-0.1, -0.05) is 37.3 Å². The first kappa shape index (κ1) is 14.1. The Balaban J connectivity index is 2.24. The Morgan fingerprint density at radius 3 is 2.64 bits per heavy atom. The van der Waals surface area contributed by atoms with Crippen molar-refractivity contribution in [2.75, 3.05) is 0 Å². The molecule has 6 nitrogen and oxygen atoms in total. The van der Waals surface area contributed by atoms with E-state index in [2.05, 4.69) is 4.98 Å². The number of hydrogen-bond donors (Lipinski definition) is 1. The topological polar surface area (TPSA) is 76.6 Å². The van der Waals surface area contributed by atoms with E-state index in [1.165, 1.54) is 4.52 Å². The average Bonchev–Trinajstić information content (AvgIpc) is 2.87. The summed E-state index contributed by atoms with van der Waals surface area (Å²) in [5.41, 5.74) is 1.53. The Morgan fingerprint density at radius 1 is 1.27 bits per heavy atom. The SMILES string of the molecule is CCc1cc2ncc(C(=O)O)c(=O)n2n1Cc1ccccc1. The smallest absolute Gasteiger partial charge is 0.343 e. The second-order valence-electron chi connectivity index (χ2n) is 4.98. The van der Waals surface area contributed by atoms with Crippen molar-refractivity contribution in [3.05, 3.63) is 69.8 Å². The van der Waals surface area contributed by atoms with Crippen LogP contribution in [0.1, 0.15) is 28.5 Å². The largest absolute Gasteiger partial charge is 0.477 e. The number of aromatic nitrogens is 3. The predicted octanol–water partition coefficient (Wildman–Crippen LogP) is 1.80. The molecule has 0 saturated heterocycles. The van der Waals surface area contributed by atoms with Crippen LogP contribution < -0.4 is 5.56 Å². The van der Waals surface area contributed by atoms with Crippen LogP contribution in [0.3, 0.4) is 0 Å². The number of carboxylic acids is 1. The Morgan fingerprint density at radius 2 is 2.00 bits per heavy atom. The molecule has 1 N–H and O–H groups in total. The normalized spacial score (nSPS) is 11.0. The molecule has 3 rings (SSSR count). The molecule has 0 bridgehead atoms. The predicted molar refractivity (Wildman–Crippen MR) is 81.3 cm³/mol. The fourth-order valence-electron chi connectivity index (χ4n) is 2.50. The monoisotopic (exact) mass is 297 g/mol. The standard InChI is InChI=1S/C16H15N3O3/c1-2-12-8-14-17-9-13(16(21)22)15(20)19(14)18(12)10-11-6-4-3-5-7-11/h3-9H,2,10H2,1H3,(H,21,22). The summed E-state index contributed by atoms with van der Waals surface area (Å²) in [6.07, 6.45) is 1.84. The molecular formula is C16H15N3O3. The molecule has 2 heterocycles. The van der Waals surface area contributed by atoms with Gasteiger partial charge in [0.25, 0.3) is 5.56 Å². The highest BCUT2D eigenvalue weighted by atomic mass is 16.4. The molecule has 22 heavy (non-hydrogen) atoms. The number of carboxylic acid groups (broad SMARTS) is 1. The minimum atomic E-state index is -1.27. The molecule has 0 spiro atoms. The van der Waals surface area contributed by atoms with E-state index in [-0.39, 0.29) is 5.56 Å². The summed E-state index contributed by atoms with van der Waals surface area (Å²) in [5, 5.41) is 9.11. The van der Waals surface area contributed by atoms with E-state index in [9.17, 15) is 9.59 Å². The second-order valence-corrected chi connectivity index (χ2v) is 4.98. The van der Waals surface area contributed by atoms with Crippen molar-refractivity contribution < 1.29 is 9.90 Å². The van der Waals surface area contributed by atoms with Crippen molar-refractivity contribution >= 4 is 11.6 Å². The van der Waals surface area contributed by atoms with Crippen LogP contribution in [0.2, 0.25) is 0 Å². The maximum absolute atomic E-state index is 12.4. The van der Waals surface area contributed by atoms with Crippen LogP contribution in [-0.4, -0.2) is 25.3 Å². The lowest BCUT2D eigenvalue weighted by atomic mass is 10.2. The molecule has 112 valence electrons. The van der Waals surface area contributed by atoms with Crippen molar-refractivity contribution in [1.29, 1.82) is 0 Å². The number of hydrogen-bond acceptors (Lipinski definition) is 3. The van der Waals surface area contributed by atoms with E-state index >= 15 is 0 Å². The highest BCUT2D eigenvalue weighted by Gasteiger charge is 2.16. The third-order valence-corrected chi connectivity index (χ3v) is 3.60. The van der Waals surface area contributed by atoms with Crippen LogP contribution in [0, 0.1) is 0 Å². The van der Waals surface area contributed by atoms with Gasteiger partial charge in [-0.25, -0.2) is 9.78 Å². The van der Waals surface area contributed by atoms with Gasteiger partial charge in [-0.15, -0.1) is 0 Å². The molecule has 1 aromatic carbocycles. The van der Waals surface area contributed by atoms with Crippen molar-refractivity contribution in [2.45, 2.75) is 19.9 Å². The van der Waals surface area contributed by atoms with Crippen LogP contribution in [0.4, 0.5) is 0 Å². The fraction of sp³-hybridized carbons (Fsp3) is 0.188. The molecule has 0 saturated carbocycles. The quantitative estimate of drug-likeness (QED) is 0.796.